The van der Waals surface area contributed by atoms with Crippen LogP contribution in [0.3, 0.4) is 0 Å². The molecule has 0 aliphatic rings. The highest BCUT2D eigenvalue weighted by molar-refractivity contribution is 6.46. The van der Waals surface area contributed by atoms with Gasteiger partial charge in [0.15, 0.2) is 16.9 Å². The van der Waals surface area contributed by atoms with E-state index >= 15 is 0 Å². The maximum atomic E-state index is 12.1. The molecule has 0 saturated carbocycles. The normalized spacial score (nSPS) is 11.9. The van der Waals surface area contributed by atoms with Gasteiger partial charge in [-0.3, -0.25) is 9.59 Å². The molecule has 2 aromatic rings. The molecule has 1 unspecified atom stereocenters. The summed E-state index contributed by atoms with van der Waals surface area (Å²) in [5.41, 5.74) is 0.790. The summed E-state index contributed by atoms with van der Waals surface area (Å²) in [5.74, 6) is -0.825. The van der Waals surface area contributed by atoms with E-state index in [9.17, 15) is 9.59 Å². The van der Waals surface area contributed by atoms with Crippen LogP contribution in [-0.2, 0) is 0 Å². The molecule has 0 aliphatic carbocycles. The average molecular weight is 293 g/mol. The summed E-state index contributed by atoms with van der Waals surface area (Å²) in [4.78, 5) is 24.1. The van der Waals surface area contributed by atoms with Crippen molar-refractivity contribution in [1.82, 2.24) is 0 Å². The number of carbonyl (C=O) groups is 2. The van der Waals surface area contributed by atoms with Crippen LogP contribution in [-0.4, -0.2) is 16.9 Å². The van der Waals surface area contributed by atoms with Crippen LogP contribution in [0.1, 0.15) is 20.7 Å². The number of Topliss-reactive ketones (excluding diaryl/α,β-unsaturated/α-hetero) is 2. The molecule has 0 bridgehead atoms. The highest BCUT2D eigenvalue weighted by atomic mass is 35.5. The molecule has 0 amide bonds. The largest absolute Gasteiger partial charge is 0.292 e. The van der Waals surface area contributed by atoms with Crippen LogP contribution in [0.25, 0.3) is 0 Å². The first-order chi connectivity index (χ1) is 9.09. The van der Waals surface area contributed by atoms with Gasteiger partial charge in [-0.15, -0.1) is 11.6 Å². The van der Waals surface area contributed by atoms with Gasteiger partial charge in [0, 0.05) is 16.1 Å². The van der Waals surface area contributed by atoms with Gasteiger partial charge < -0.3 is 0 Å². The molecule has 0 radical (unpaired) electrons. The van der Waals surface area contributed by atoms with Gasteiger partial charge in [0.2, 0.25) is 0 Å². The minimum atomic E-state index is -1.22. The molecule has 2 rings (SSSR count). The Balaban J connectivity index is 2.20. The van der Waals surface area contributed by atoms with E-state index in [2.05, 4.69) is 0 Å². The summed E-state index contributed by atoms with van der Waals surface area (Å²) in [5, 5.41) is -0.694. The van der Waals surface area contributed by atoms with Crippen molar-refractivity contribution in [1.29, 1.82) is 0 Å². The van der Waals surface area contributed by atoms with Crippen molar-refractivity contribution in [2.75, 3.05) is 0 Å². The van der Waals surface area contributed by atoms with Gasteiger partial charge in [-0.05, 0) is 24.3 Å². The molecule has 0 heterocycles. The highest BCUT2D eigenvalue weighted by Gasteiger charge is 2.25. The van der Waals surface area contributed by atoms with E-state index in [0.29, 0.717) is 16.1 Å². The first-order valence-electron chi connectivity index (χ1n) is 5.62. The minimum absolute atomic E-state index is 0.369. The van der Waals surface area contributed by atoms with Crippen LogP contribution in [0.4, 0.5) is 0 Å². The van der Waals surface area contributed by atoms with Crippen LogP contribution in [0.2, 0.25) is 5.02 Å². The van der Waals surface area contributed by atoms with E-state index in [1.54, 1.807) is 54.6 Å². The summed E-state index contributed by atoms with van der Waals surface area (Å²) in [7, 11) is 0. The number of alkyl halides is 1. The Labute approximate surface area is 121 Å². The molecule has 1 atom stereocenters. The van der Waals surface area contributed by atoms with Crippen LogP contribution >= 0.6 is 23.2 Å². The molecule has 19 heavy (non-hydrogen) atoms. The average Bonchev–Trinajstić information content (AvgIpc) is 2.46. The van der Waals surface area contributed by atoms with E-state index in [-0.39, 0.29) is 0 Å². The lowest BCUT2D eigenvalue weighted by molar-refractivity contribution is 0.0900. The van der Waals surface area contributed by atoms with Gasteiger partial charge in [0.05, 0.1) is 0 Å². The standard InChI is InChI=1S/C15H10Cl2O2/c16-12-8-6-11(7-9-12)15(19)13(17)14(18)10-4-2-1-3-5-10/h1-9,13H. The van der Waals surface area contributed by atoms with Crippen molar-refractivity contribution >= 4 is 34.8 Å². The SMILES string of the molecule is O=C(c1ccccc1)C(Cl)C(=O)c1ccc(Cl)cc1. The maximum Gasteiger partial charge on any atom is 0.188 e. The van der Waals surface area contributed by atoms with Gasteiger partial charge in [-0.25, -0.2) is 0 Å². The number of carbonyl (C=O) groups excluding carboxylic acids is 2. The second-order valence-corrected chi connectivity index (χ2v) is 4.84. The summed E-state index contributed by atoms with van der Waals surface area (Å²) in [6.07, 6.45) is 0. The zero-order chi connectivity index (χ0) is 13.8. The fourth-order valence-electron chi connectivity index (χ4n) is 1.63. The Morgan fingerprint density at radius 3 is 1.79 bits per heavy atom. The summed E-state index contributed by atoms with van der Waals surface area (Å²) >= 11 is 11.7. The predicted molar refractivity (Wildman–Crippen MR) is 76.2 cm³/mol. The van der Waals surface area contributed by atoms with Crippen molar-refractivity contribution in [3.8, 4) is 0 Å². The lowest BCUT2D eigenvalue weighted by Gasteiger charge is -2.08. The molecule has 0 fully saturated rings. The number of hydrogen-bond donors (Lipinski definition) is 0. The van der Waals surface area contributed by atoms with Gasteiger partial charge in [-0.1, -0.05) is 41.9 Å². The molecule has 0 spiro atoms. The van der Waals surface area contributed by atoms with Crippen molar-refractivity contribution in [3.63, 3.8) is 0 Å². The maximum absolute atomic E-state index is 12.1. The topological polar surface area (TPSA) is 34.1 Å². The van der Waals surface area contributed by atoms with Gasteiger partial charge in [-0.2, -0.15) is 0 Å². The molecule has 0 aromatic heterocycles. The van der Waals surface area contributed by atoms with E-state index < -0.39 is 16.9 Å². The molecule has 2 aromatic carbocycles. The van der Waals surface area contributed by atoms with Gasteiger partial charge in [0.25, 0.3) is 0 Å². The molecular weight excluding hydrogens is 283 g/mol. The second-order valence-electron chi connectivity index (χ2n) is 3.96. The van der Waals surface area contributed by atoms with Crippen LogP contribution < -0.4 is 0 Å². The summed E-state index contributed by atoms with van der Waals surface area (Å²) < 4.78 is 0. The quantitative estimate of drug-likeness (QED) is 0.485. The lowest BCUT2D eigenvalue weighted by atomic mass is 10.0. The lowest BCUT2D eigenvalue weighted by Crippen LogP contribution is -2.24. The highest BCUT2D eigenvalue weighted by Crippen LogP contribution is 2.16. The minimum Gasteiger partial charge on any atom is -0.292 e. The van der Waals surface area contributed by atoms with E-state index in [4.69, 9.17) is 23.2 Å². The number of benzene rings is 2. The monoisotopic (exact) mass is 292 g/mol. The van der Waals surface area contributed by atoms with Crippen molar-refractivity contribution in [3.05, 3.63) is 70.7 Å². The molecular formula is C15H10Cl2O2. The van der Waals surface area contributed by atoms with E-state index in [0.717, 1.165) is 0 Å². The smallest absolute Gasteiger partial charge is 0.188 e. The van der Waals surface area contributed by atoms with E-state index in [1.807, 2.05) is 0 Å². The predicted octanol–water partition coefficient (Wildman–Crippen LogP) is 4.01. The number of halogens is 2. The Kier molecular flexibility index (Phi) is 4.35. The van der Waals surface area contributed by atoms with Crippen LogP contribution in [0.15, 0.2) is 54.6 Å². The van der Waals surface area contributed by atoms with Gasteiger partial charge in [0.1, 0.15) is 0 Å². The van der Waals surface area contributed by atoms with Crippen molar-refractivity contribution < 1.29 is 9.59 Å². The van der Waals surface area contributed by atoms with E-state index in [1.165, 1.54) is 0 Å². The number of hydrogen-bond acceptors (Lipinski definition) is 2. The summed E-state index contributed by atoms with van der Waals surface area (Å²) in [6, 6.07) is 14.8. The molecule has 0 N–H and O–H groups in total. The Hall–Kier alpha value is -1.64. The van der Waals surface area contributed by atoms with Gasteiger partial charge >= 0.3 is 0 Å². The Morgan fingerprint density at radius 2 is 1.26 bits per heavy atom. The Bertz CT molecular complexity index is 591. The summed E-state index contributed by atoms with van der Waals surface area (Å²) in [6.45, 7) is 0. The number of ketones is 2. The molecule has 96 valence electrons. The Morgan fingerprint density at radius 1 is 0.789 bits per heavy atom. The molecule has 0 aliphatic heterocycles. The third-order valence-electron chi connectivity index (χ3n) is 2.65. The number of rotatable bonds is 4. The van der Waals surface area contributed by atoms with Crippen LogP contribution in [0, 0.1) is 0 Å². The third-order valence-corrected chi connectivity index (χ3v) is 3.30. The zero-order valence-corrected chi connectivity index (χ0v) is 11.4. The first kappa shape index (κ1) is 13.8. The second kappa shape index (κ2) is 6.00. The van der Waals surface area contributed by atoms with Crippen molar-refractivity contribution in [2.45, 2.75) is 5.38 Å². The first-order valence-corrected chi connectivity index (χ1v) is 6.44. The molecule has 0 saturated heterocycles. The van der Waals surface area contributed by atoms with Crippen LogP contribution in [0.5, 0.6) is 0 Å². The molecule has 4 heteroatoms. The fraction of sp³-hybridized carbons (Fsp3) is 0.0667. The third kappa shape index (κ3) is 3.22. The fourth-order valence-corrected chi connectivity index (χ4v) is 2.01. The zero-order valence-electron chi connectivity index (χ0n) is 9.85. The van der Waals surface area contributed by atoms with Crippen molar-refractivity contribution in [2.24, 2.45) is 0 Å². The molecule has 2 nitrogen and oxygen atoms in total.